The summed E-state index contributed by atoms with van der Waals surface area (Å²) in [6.07, 6.45) is 3.21. The van der Waals surface area contributed by atoms with Gasteiger partial charge in [-0.25, -0.2) is 0 Å². The molecule has 0 saturated heterocycles. The van der Waals surface area contributed by atoms with Crippen molar-refractivity contribution in [1.82, 2.24) is 15.1 Å². The molecule has 0 aliphatic heterocycles. The van der Waals surface area contributed by atoms with Crippen LogP contribution in [0.4, 0.5) is 5.82 Å². The highest BCUT2D eigenvalue weighted by Gasteiger charge is 2.10. The molecule has 1 N–H and O–H groups in total. The number of anilines is 1. The molecule has 0 fully saturated rings. The van der Waals surface area contributed by atoms with Gasteiger partial charge in [0.15, 0.2) is 5.82 Å². The van der Waals surface area contributed by atoms with E-state index in [-0.39, 0.29) is 5.91 Å². The summed E-state index contributed by atoms with van der Waals surface area (Å²) in [7, 11) is 0. The van der Waals surface area contributed by atoms with Gasteiger partial charge in [-0.15, -0.1) is 0 Å². The van der Waals surface area contributed by atoms with Crippen LogP contribution in [0.5, 0.6) is 0 Å². The monoisotopic (exact) mass is 280 g/mol. The van der Waals surface area contributed by atoms with Crippen LogP contribution >= 0.6 is 0 Å². The second-order valence-electron chi connectivity index (χ2n) is 4.42. The summed E-state index contributed by atoms with van der Waals surface area (Å²) in [5.74, 6) is 0.726. The zero-order valence-electron chi connectivity index (χ0n) is 11.3. The van der Waals surface area contributed by atoms with Crippen LogP contribution in [0.1, 0.15) is 16.1 Å². The number of hydrogen-bond acceptors (Lipinski definition) is 5. The highest BCUT2D eigenvalue weighted by molar-refractivity contribution is 6.03. The fourth-order valence-corrected chi connectivity index (χ4v) is 1.81. The summed E-state index contributed by atoms with van der Waals surface area (Å²) in [4.78, 5) is 20.5. The first-order valence-corrected chi connectivity index (χ1v) is 6.34. The molecule has 0 spiro atoms. The van der Waals surface area contributed by atoms with Crippen molar-refractivity contribution in [1.29, 1.82) is 0 Å². The van der Waals surface area contributed by atoms with E-state index in [2.05, 4.69) is 20.4 Å². The third-order valence-electron chi connectivity index (χ3n) is 2.82. The molecule has 21 heavy (non-hydrogen) atoms. The largest absolute Gasteiger partial charge is 0.360 e. The van der Waals surface area contributed by atoms with Gasteiger partial charge >= 0.3 is 0 Å². The third-order valence-corrected chi connectivity index (χ3v) is 2.82. The summed E-state index contributed by atoms with van der Waals surface area (Å²) in [5, 5.41) is 6.35. The minimum atomic E-state index is -0.289. The minimum absolute atomic E-state index is 0.289. The summed E-state index contributed by atoms with van der Waals surface area (Å²) in [6.45, 7) is 1.76. The van der Waals surface area contributed by atoms with Crippen molar-refractivity contribution < 1.29 is 9.32 Å². The van der Waals surface area contributed by atoms with Gasteiger partial charge in [-0.3, -0.25) is 14.8 Å². The first-order valence-electron chi connectivity index (χ1n) is 6.34. The van der Waals surface area contributed by atoms with E-state index in [9.17, 15) is 4.79 Å². The summed E-state index contributed by atoms with van der Waals surface area (Å²) < 4.78 is 4.89. The van der Waals surface area contributed by atoms with Gasteiger partial charge in [0.1, 0.15) is 5.76 Å². The van der Waals surface area contributed by atoms with Gasteiger partial charge in [-0.2, -0.15) is 0 Å². The number of aryl methyl sites for hydroxylation is 1. The predicted molar refractivity (Wildman–Crippen MR) is 76.7 cm³/mol. The van der Waals surface area contributed by atoms with Gasteiger partial charge < -0.3 is 9.84 Å². The molecule has 0 aromatic carbocycles. The molecule has 1 amide bonds. The lowest BCUT2D eigenvalue weighted by Crippen LogP contribution is -2.12. The highest BCUT2D eigenvalue weighted by Crippen LogP contribution is 2.14. The van der Waals surface area contributed by atoms with Gasteiger partial charge in [0.25, 0.3) is 5.91 Å². The van der Waals surface area contributed by atoms with Crippen molar-refractivity contribution in [2.24, 2.45) is 0 Å². The van der Waals surface area contributed by atoms with Crippen LogP contribution < -0.4 is 5.32 Å². The van der Waals surface area contributed by atoms with E-state index in [4.69, 9.17) is 4.52 Å². The van der Waals surface area contributed by atoms with Gasteiger partial charge in [0.05, 0.1) is 17.0 Å². The number of amides is 1. The molecule has 6 nitrogen and oxygen atoms in total. The molecule has 0 radical (unpaired) electrons. The van der Waals surface area contributed by atoms with Crippen molar-refractivity contribution in [3.8, 4) is 11.4 Å². The van der Waals surface area contributed by atoms with E-state index < -0.39 is 0 Å². The fraction of sp³-hybridized carbons (Fsp3) is 0.0667. The van der Waals surface area contributed by atoms with E-state index >= 15 is 0 Å². The standard InChI is InChI=1S/C15H12N4O2/c1-10-8-14(19-21-10)18-15(20)11-5-6-13(17-9-11)12-4-2-3-7-16-12/h2-9H,1H3,(H,18,19,20). The van der Waals surface area contributed by atoms with Crippen LogP contribution in [-0.2, 0) is 0 Å². The van der Waals surface area contributed by atoms with E-state index in [1.54, 1.807) is 31.3 Å². The van der Waals surface area contributed by atoms with E-state index in [1.165, 1.54) is 6.20 Å². The maximum atomic E-state index is 12.0. The molecular weight excluding hydrogens is 268 g/mol. The van der Waals surface area contributed by atoms with Crippen LogP contribution in [0.2, 0.25) is 0 Å². The Morgan fingerprint density at radius 3 is 2.62 bits per heavy atom. The maximum Gasteiger partial charge on any atom is 0.258 e. The molecule has 3 aromatic rings. The molecule has 0 aliphatic rings. The molecule has 3 heterocycles. The quantitative estimate of drug-likeness (QED) is 0.797. The van der Waals surface area contributed by atoms with Crippen molar-refractivity contribution in [3.63, 3.8) is 0 Å². The fourth-order valence-electron chi connectivity index (χ4n) is 1.81. The number of aromatic nitrogens is 3. The first kappa shape index (κ1) is 13.0. The van der Waals surface area contributed by atoms with E-state index in [0.717, 1.165) is 5.69 Å². The van der Waals surface area contributed by atoms with Crippen LogP contribution in [0.15, 0.2) is 53.3 Å². The van der Waals surface area contributed by atoms with Gasteiger partial charge in [0.2, 0.25) is 0 Å². The number of pyridine rings is 2. The zero-order valence-corrected chi connectivity index (χ0v) is 11.3. The Morgan fingerprint density at radius 1 is 1.14 bits per heavy atom. The molecule has 0 aliphatic carbocycles. The van der Waals surface area contributed by atoms with Crippen molar-refractivity contribution in [2.75, 3.05) is 5.32 Å². The van der Waals surface area contributed by atoms with Crippen molar-refractivity contribution in [3.05, 3.63) is 60.1 Å². The van der Waals surface area contributed by atoms with Gasteiger partial charge in [-0.05, 0) is 31.2 Å². The molecule has 0 saturated carbocycles. The molecule has 6 heteroatoms. The predicted octanol–water partition coefficient (Wildman–Crippen LogP) is 2.69. The first-order chi connectivity index (χ1) is 10.2. The second-order valence-corrected chi connectivity index (χ2v) is 4.42. The number of nitrogens with zero attached hydrogens (tertiary/aromatic N) is 3. The van der Waals surface area contributed by atoms with E-state index in [1.807, 2.05) is 18.2 Å². The van der Waals surface area contributed by atoms with E-state index in [0.29, 0.717) is 22.8 Å². The van der Waals surface area contributed by atoms with Crippen LogP contribution in [0.25, 0.3) is 11.4 Å². The Labute approximate surface area is 120 Å². The topological polar surface area (TPSA) is 80.9 Å². The Hall–Kier alpha value is -3.02. The zero-order chi connectivity index (χ0) is 14.7. The number of hydrogen-bond donors (Lipinski definition) is 1. The number of rotatable bonds is 3. The molecule has 0 atom stereocenters. The van der Waals surface area contributed by atoms with Crippen LogP contribution in [0.3, 0.4) is 0 Å². The molecule has 0 bridgehead atoms. The molecule has 0 unspecified atom stereocenters. The number of carbonyl (C=O) groups is 1. The average molecular weight is 280 g/mol. The highest BCUT2D eigenvalue weighted by atomic mass is 16.5. The Kier molecular flexibility index (Phi) is 3.42. The SMILES string of the molecule is Cc1cc(NC(=O)c2ccc(-c3ccccn3)nc2)no1. The Bertz CT molecular complexity index is 751. The lowest BCUT2D eigenvalue weighted by molar-refractivity contribution is 0.102. The lowest BCUT2D eigenvalue weighted by Gasteiger charge is -2.03. The smallest absolute Gasteiger partial charge is 0.258 e. The van der Waals surface area contributed by atoms with Crippen molar-refractivity contribution in [2.45, 2.75) is 6.92 Å². The second kappa shape index (κ2) is 5.54. The summed E-state index contributed by atoms with van der Waals surface area (Å²) in [6, 6.07) is 10.7. The van der Waals surface area contributed by atoms with Crippen LogP contribution in [-0.4, -0.2) is 21.0 Å². The number of nitrogens with one attached hydrogen (secondary N) is 1. The molecule has 104 valence electrons. The Balaban J connectivity index is 1.76. The lowest BCUT2D eigenvalue weighted by atomic mass is 10.2. The van der Waals surface area contributed by atoms with Gasteiger partial charge in [0, 0.05) is 18.5 Å². The molecule has 3 aromatic heterocycles. The third kappa shape index (κ3) is 2.94. The van der Waals surface area contributed by atoms with Crippen molar-refractivity contribution >= 4 is 11.7 Å². The summed E-state index contributed by atoms with van der Waals surface area (Å²) in [5.41, 5.74) is 1.91. The molecular formula is C15H12N4O2. The maximum absolute atomic E-state index is 12.0. The Morgan fingerprint density at radius 2 is 2.00 bits per heavy atom. The summed E-state index contributed by atoms with van der Waals surface area (Å²) >= 11 is 0. The van der Waals surface area contributed by atoms with Gasteiger partial charge in [-0.1, -0.05) is 11.2 Å². The normalized spacial score (nSPS) is 10.3. The number of carbonyl (C=O) groups excluding carboxylic acids is 1. The van der Waals surface area contributed by atoms with Crippen LogP contribution in [0, 0.1) is 6.92 Å². The average Bonchev–Trinajstić information content (AvgIpc) is 2.93. The molecule has 3 rings (SSSR count). The minimum Gasteiger partial charge on any atom is -0.360 e.